The van der Waals surface area contributed by atoms with Crippen molar-refractivity contribution in [1.82, 2.24) is 4.98 Å². The highest BCUT2D eigenvalue weighted by Gasteiger charge is 2.26. The van der Waals surface area contributed by atoms with Crippen LogP contribution in [0.15, 0.2) is 45.5 Å². The molecule has 1 amide bonds. The van der Waals surface area contributed by atoms with Gasteiger partial charge in [0.05, 0.1) is 6.61 Å². The summed E-state index contributed by atoms with van der Waals surface area (Å²) in [5.41, 5.74) is 6.36. The van der Waals surface area contributed by atoms with Gasteiger partial charge in [-0.15, -0.1) is 0 Å². The van der Waals surface area contributed by atoms with Crippen LogP contribution in [0.3, 0.4) is 0 Å². The van der Waals surface area contributed by atoms with Crippen LogP contribution in [0, 0.1) is 18.6 Å². The molecule has 2 aromatic carbocycles. The number of benzene rings is 2. The minimum atomic E-state index is -1.28. The Morgan fingerprint density at radius 3 is 2.57 bits per heavy atom. The summed E-state index contributed by atoms with van der Waals surface area (Å²) in [6, 6.07) is 9.31. The van der Waals surface area contributed by atoms with E-state index in [4.69, 9.17) is 14.9 Å². The van der Waals surface area contributed by atoms with E-state index >= 15 is 0 Å². The summed E-state index contributed by atoms with van der Waals surface area (Å²) in [5, 5.41) is 9.64. The lowest BCUT2D eigenvalue weighted by Crippen LogP contribution is -2.18. The van der Waals surface area contributed by atoms with E-state index in [9.17, 15) is 18.7 Å². The number of rotatable bonds is 6. The number of primary amides is 1. The van der Waals surface area contributed by atoms with Crippen LogP contribution in [-0.4, -0.2) is 22.6 Å². The Bertz CT molecular complexity index is 1020. The molecule has 9 heteroatoms. The quantitative estimate of drug-likeness (QED) is 0.590. The molecule has 0 fully saturated rings. The number of aromatic nitrogens is 1. The van der Waals surface area contributed by atoms with Crippen LogP contribution in [0.5, 0.6) is 5.75 Å². The molecule has 0 saturated carbocycles. The number of oxazole rings is 1. The lowest BCUT2D eigenvalue weighted by Gasteiger charge is -2.15. The summed E-state index contributed by atoms with van der Waals surface area (Å²) in [6.07, 6.45) is -1.20. The molecule has 0 radical (unpaired) electrons. The fraction of sp³-hybridized carbons (Fsp3) is 0.158. The predicted molar refractivity (Wildman–Crippen MR) is 99.7 cm³/mol. The van der Waals surface area contributed by atoms with Gasteiger partial charge in [-0.1, -0.05) is 29.8 Å². The summed E-state index contributed by atoms with van der Waals surface area (Å²) in [7, 11) is 0. The number of amides is 1. The molecule has 1 atom stereocenters. The second kappa shape index (κ2) is 8.07. The normalized spacial score (nSPS) is 12.0. The summed E-state index contributed by atoms with van der Waals surface area (Å²) < 4.78 is 39.2. The van der Waals surface area contributed by atoms with Gasteiger partial charge in [0.2, 0.25) is 5.89 Å². The smallest absolute Gasteiger partial charge is 0.254 e. The first-order valence-corrected chi connectivity index (χ1v) is 8.89. The number of nitrogens with zero attached hydrogens (tertiary/aromatic N) is 1. The van der Waals surface area contributed by atoms with Gasteiger partial charge in [-0.05, 0) is 35.0 Å². The molecule has 3 N–H and O–H groups in total. The largest absolute Gasteiger partial charge is 0.475 e. The van der Waals surface area contributed by atoms with Gasteiger partial charge < -0.3 is 20.0 Å². The second-order valence-corrected chi connectivity index (χ2v) is 6.65. The zero-order chi connectivity index (χ0) is 20.4. The highest BCUT2D eigenvalue weighted by atomic mass is 79.9. The van der Waals surface area contributed by atoms with Gasteiger partial charge in [-0.2, -0.15) is 0 Å². The first-order valence-electron chi connectivity index (χ1n) is 8.10. The zero-order valence-electron chi connectivity index (χ0n) is 14.6. The Balaban J connectivity index is 1.93. The molecule has 3 rings (SSSR count). The van der Waals surface area contributed by atoms with Gasteiger partial charge in [0, 0.05) is 5.56 Å². The van der Waals surface area contributed by atoms with E-state index in [1.54, 1.807) is 0 Å². The number of nitrogens with two attached hydrogens (primary N) is 1. The van der Waals surface area contributed by atoms with Gasteiger partial charge in [-0.25, -0.2) is 13.8 Å². The molecule has 3 aromatic rings. The Labute approximate surface area is 167 Å². The number of carbonyl (C=O) groups excluding carboxylic acids is 1. The number of aliphatic hydroxyl groups is 1. The molecular formula is C19H15BrF2N2O4. The molecule has 28 heavy (non-hydrogen) atoms. The summed E-state index contributed by atoms with van der Waals surface area (Å²) in [6.45, 7) is 1.34. The lowest BCUT2D eigenvalue weighted by molar-refractivity contribution is 0.0880. The molecule has 0 aliphatic carbocycles. The molecule has 0 unspecified atom stereocenters. The molecule has 146 valence electrons. The van der Waals surface area contributed by atoms with E-state index in [1.807, 2.05) is 31.2 Å². The first-order chi connectivity index (χ1) is 13.3. The number of ether oxygens (including phenoxy) is 1. The van der Waals surface area contributed by atoms with Crippen LogP contribution in [0.1, 0.15) is 27.9 Å². The van der Waals surface area contributed by atoms with Crippen LogP contribution in [-0.2, 0) is 0 Å². The summed E-state index contributed by atoms with van der Waals surface area (Å²) >= 11 is 3.26. The third-order valence-corrected chi connectivity index (χ3v) is 4.48. The van der Waals surface area contributed by atoms with Crippen LogP contribution < -0.4 is 10.5 Å². The maximum absolute atomic E-state index is 14.4. The van der Waals surface area contributed by atoms with Crippen LogP contribution >= 0.6 is 15.9 Å². The van der Waals surface area contributed by atoms with E-state index < -0.39 is 41.6 Å². The third-order valence-electron chi connectivity index (χ3n) is 3.94. The highest BCUT2D eigenvalue weighted by Crippen LogP contribution is 2.33. The maximum atomic E-state index is 14.4. The SMILES string of the molecule is Cc1ccc(-c2nc([C@@H](CO)Oc3ccc(F)c(C(N)=O)c3F)oc2Br)cc1. The molecule has 1 aromatic heterocycles. The molecule has 0 saturated heterocycles. The van der Waals surface area contributed by atoms with E-state index in [0.29, 0.717) is 10.4 Å². The third kappa shape index (κ3) is 3.90. The molecule has 0 spiro atoms. The number of carbonyl (C=O) groups is 1. The Kier molecular flexibility index (Phi) is 5.76. The lowest BCUT2D eigenvalue weighted by atomic mass is 10.1. The van der Waals surface area contributed by atoms with Crippen molar-refractivity contribution < 1.29 is 27.8 Å². The standard InChI is InChI=1S/C19H15BrF2N2O4/c1-9-2-4-10(5-3-9)16-17(20)28-19(24-16)13(8-25)27-12-7-6-11(21)14(15(12)22)18(23)26/h2-7,13,25H,8H2,1H3,(H2,23,26)/t13-/m1/s1. The van der Waals surface area contributed by atoms with Crippen molar-refractivity contribution >= 4 is 21.8 Å². The number of aryl methyl sites for hydroxylation is 1. The van der Waals surface area contributed by atoms with Crippen molar-refractivity contribution in [2.45, 2.75) is 13.0 Å². The van der Waals surface area contributed by atoms with Crippen LogP contribution in [0.25, 0.3) is 11.3 Å². The van der Waals surface area contributed by atoms with Gasteiger partial charge in [0.15, 0.2) is 22.3 Å². The second-order valence-electron chi connectivity index (χ2n) is 5.93. The van der Waals surface area contributed by atoms with Crippen molar-refractivity contribution in [3.63, 3.8) is 0 Å². The van der Waals surface area contributed by atoms with E-state index in [1.165, 1.54) is 0 Å². The van der Waals surface area contributed by atoms with Gasteiger partial charge in [-0.3, -0.25) is 4.79 Å². The topological polar surface area (TPSA) is 98.6 Å². The molecule has 0 aliphatic heterocycles. The number of hydrogen-bond acceptors (Lipinski definition) is 5. The van der Waals surface area contributed by atoms with E-state index in [0.717, 1.165) is 23.3 Å². The first kappa shape index (κ1) is 20.0. The molecule has 1 heterocycles. The fourth-order valence-corrected chi connectivity index (χ4v) is 3.00. The summed E-state index contributed by atoms with van der Waals surface area (Å²) in [5.74, 6) is -4.16. The van der Waals surface area contributed by atoms with Crippen molar-refractivity contribution in [3.05, 3.63) is 69.7 Å². The van der Waals surface area contributed by atoms with Gasteiger partial charge in [0.1, 0.15) is 17.1 Å². The number of halogens is 3. The van der Waals surface area contributed by atoms with Gasteiger partial charge >= 0.3 is 0 Å². The molecular weight excluding hydrogens is 438 g/mol. The maximum Gasteiger partial charge on any atom is 0.254 e. The van der Waals surface area contributed by atoms with E-state index in [-0.39, 0.29) is 5.89 Å². The molecule has 6 nitrogen and oxygen atoms in total. The Morgan fingerprint density at radius 2 is 1.96 bits per heavy atom. The highest BCUT2D eigenvalue weighted by molar-refractivity contribution is 9.10. The van der Waals surface area contributed by atoms with Crippen molar-refractivity contribution in [3.8, 4) is 17.0 Å². The average Bonchev–Trinajstić information content (AvgIpc) is 3.03. The summed E-state index contributed by atoms with van der Waals surface area (Å²) in [4.78, 5) is 15.5. The van der Waals surface area contributed by atoms with Crippen LogP contribution in [0.4, 0.5) is 8.78 Å². The monoisotopic (exact) mass is 452 g/mol. The average molecular weight is 453 g/mol. The van der Waals surface area contributed by atoms with Gasteiger partial charge in [0.25, 0.3) is 5.91 Å². The Morgan fingerprint density at radius 1 is 1.29 bits per heavy atom. The van der Waals surface area contributed by atoms with E-state index in [2.05, 4.69) is 20.9 Å². The molecule has 0 aliphatic rings. The van der Waals surface area contributed by atoms with Crippen LogP contribution in [0.2, 0.25) is 0 Å². The minimum Gasteiger partial charge on any atom is -0.475 e. The predicted octanol–water partition coefficient (Wildman–Crippen LogP) is 3.90. The number of hydrogen-bond donors (Lipinski definition) is 2. The van der Waals surface area contributed by atoms with Crippen molar-refractivity contribution in [2.75, 3.05) is 6.61 Å². The fourth-order valence-electron chi connectivity index (χ4n) is 2.51. The Hall–Kier alpha value is -2.78. The zero-order valence-corrected chi connectivity index (χ0v) is 16.2. The van der Waals surface area contributed by atoms with Crippen molar-refractivity contribution in [2.24, 2.45) is 5.73 Å². The minimum absolute atomic E-state index is 0.0331. The molecule has 0 bridgehead atoms. The number of aliphatic hydroxyl groups excluding tert-OH is 1. The van der Waals surface area contributed by atoms with Crippen molar-refractivity contribution in [1.29, 1.82) is 0 Å².